The number of carbonyl (C=O) groups is 1. The number of aromatic nitrogens is 1. The Morgan fingerprint density at radius 2 is 1.96 bits per heavy atom. The molecule has 1 heterocycles. The summed E-state index contributed by atoms with van der Waals surface area (Å²) in [4.78, 5) is 18.2. The number of thiazole rings is 1. The number of para-hydroxylation sites is 1. The first-order chi connectivity index (χ1) is 11.1. The molecule has 2 aromatic carbocycles. The monoisotopic (exact) mass is 326 g/mol. The van der Waals surface area contributed by atoms with Gasteiger partial charge in [0.15, 0.2) is 0 Å². The Hall–Kier alpha value is -2.53. The van der Waals surface area contributed by atoms with Gasteiger partial charge < -0.3 is 4.90 Å². The first-order valence-corrected chi connectivity index (χ1v) is 7.97. The van der Waals surface area contributed by atoms with E-state index in [9.17, 15) is 9.18 Å². The minimum absolute atomic E-state index is 0.117. The molecule has 5 heteroatoms. The molecule has 23 heavy (non-hydrogen) atoms. The van der Waals surface area contributed by atoms with Crippen molar-refractivity contribution >= 4 is 33.5 Å². The Morgan fingerprint density at radius 3 is 2.70 bits per heavy atom. The molecule has 0 aliphatic rings. The van der Waals surface area contributed by atoms with Gasteiger partial charge in [0.25, 0.3) is 0 Å². The number of nitrogens with zero attached hydrogens (tertiary/aromatic N) is 2. The molecule has 0 saturated heterocycles. The summed E-state index contributed by atoms with van der Waals surface area (Å²) in [5, 5.41) is 0.801. The van der Waals surface area contributed by atoms with Gasteiger partial charge in [0, 0.05) is 19.7 Å². The van der Waals surface area contributed by atoms with Crippen LogP contribution in [-0.4, -0.2) is 22.8 Å². The van der Waals surface area contributed by atoms with Gasteiger partial charge in [-0.2, -0.15) is 0 Å². The molecule has 0 N–H and O–H groups in total. The normalized spacial score (nSPS) is 11.2. The summed E-state index contributed by atoms with van der Waals surface area (Å²) >= 11 is 1.55. The minimum Gasteiger partial charge on any atom is -0.338 e. The predicted octanol–water partition coefficient (Wildman–Crippen LogP) is 4.11. The third-order valence-corrected chi connectivity index (χ3v) is 4.39. The van der Waals surface area contributed by atoms with Crippen molar-refractivity contribution in [3.05, 3.63) is 71.0 Å². The van der Waals surface area contributed by atoms with E-state index in [1.807, 2.05) is 24.3 Å². The number of carbonyl (C=O) groups excluding carboxylic acids is 1. The summed E-state index contributed by atoms with van der Waals surface area (Å²) < 4.78 is 14.0. The van der Waals surface area contributed by atoms with Gasteiger partial charge in [0.2, 0.25) is 5.91 Å². The van der Waals surface area contributed by atoms with E-state index in [2.05, 4.69) is 4.98 Å². The van der Waals surface area contributed by atoms with Gasteiger partial charge in [-0.1, -0.05) is 24.3 Å². The third kappa shape index (κ3) is 3.81. The maximum absolute atomic E-state index is 12.9. The van der Waals surface area contributed by atoms with E-state index in [0.717, 1.165) is 20.8 Å². The first kappa shape index (κ1) is 15.4. The van der Waals surface area contributed by atoms with Crippen molar-refractivity contribution in [2.45, 2.75) is 6.54 Å². The van der Waals surface area contributed by atoms with Crippen molar-refractivity contribution in [2.24, 2.45) is 0 Å². The summed E-state index contributed by atoms with van der Waals surface area (Å²) in [6, 6.07) is 14.0. The lowest BCUT2D eigenvalue weighted by Gasteiger charge is -2.14. The van der Waals surface area contributed by atoms with E-state index in [0.29, 0.717) is 6.54 Å². The Morgan fingerprint density at radius 1 is 1.22 bits per heavy atom. The fourth-order valence-electron chi connectivity index (χ4n) is 2.17. The largest absolute Gasteiger partial charge is 0.338 e. The van der Waals surface area contributed by atoms with E-state index in [4.69, 9.17) is 0 Å². The van der Waals surface area contributed by atoms with Crippen LogP contribution < -0.4 is 0 Å². The molecule has 0 spiro atoms. The van der Waals surface area contributed by atoms with Gasteiger partial charge in [0.05, 0.1) is 10.2 Å². The second-order valence-electron chi connectivity index (χ2n) is 5.17. The lowest BCUT2D eigenvalue weighted by Crippen LogP contribution is -2.24. The van der Waals surface area contributed by atoms with Gasteiger partial charge in [-0.15, -0.1) is 11.3 Å². The molecule has 0 aliphatic carbocycles. The molecule has 0 bridgehead atoms. The highest BCUT2D eigenvalue weighted by Gasteiger charge is 2.07. The Balaban J connectivity index is 1.66. The molecule has 1 aromatic heterocycles. The van der Waals surface area contributed by atoms with Crippen molar-refractivity contribution in [3.8, 4) is 0 Å². The van der Waals surface area contributed by atoms with Crippen molar-refractivity contribution in [3.63, 3.8) is 0 Å². The van der Waals surface area contributed by atoms with Crippen molar-refractivity contribution in [1.29, 1.82) is 0 Å². The summed E-state index contributed by atoms with van der Waals surface area (Å²) in [5.74, 6) is -0.396. The van der Waals surface area contributed by atoms with E-state index in [-0.39, 0.29) is 11.7 Å². The van der Waals surface area contributed by atoms with Gasteiger partial charge in [-0.25, -0.2) is 9.37 Å². The second kappa shape index (κ2) is 6.71. The molecule has 1 amide bonds. The van der Waals surface area contributed by atoms with Crippen LogP contribution in [0.15, 0.2) is 54.6 Å². The van der Waals surface area contributed by atoms with E-state index in [1.54, 1.807) is 41.5 Å². The summed E-state index contributed by atoms with van der Waals surface area (Å²) in [6.07, 6.45) is 3.25. The average molecular weight is 326 g/mol. The maximum atomic E-state index is 12.9. The highest BCUT2D eigenvalue weighted by atomic mass is 32.1. The zero-order valence-corrected chi connectivity index (χ0v) is 13.4. The molecule has 0 unspecified atom stereocenters. The number of fused-ring (bicyclic) bond motifs is 1. The van der Waals surface area contributed by atoms with Crippen LogP contribution in [0.3, 0.4) is 0 Å². The van der Waals surface area contributed by atoms with Crippen molar-refractivity contribution in [2.75, 3.05) is 7.05 Å². The van der Waals surface area contributed by atoms with Crippen LogP contribution in [0.25, 0.3) is 16.3 Å². The molecular weight excluding hydrogens is 311 g/mol. The molecule has 0 saturated carbocycles. The van der Waals surface area contributed by atoms with Gasteiger partial charge in [-0.3, -0.25) is 4.79 Å². The van der Waals surface area contributed by atoms with Crippen LogP contribution in [-0.2, 0) is 11.3 Å². The smallest absolute Gasteiger partial charge is 0.246 e. The highest BCUT2D eigenvalue weighted by molar-refractivity contribution is 7.19. The molecule has 0 radical (unpaired) electrons. The molecule has 0 fully saturated rings. The van der Waals surface area contributed by atoms with Gasteiger partial charge >= 0.3 is 0 Å². The van der Waals surface area contributed by atoms with E-state index in [1.165, 1.54) is 18.2 Å². The molecule has 3 rings (SSSR count). The average Bonchev–Trinajstić information content (AvgIpc) is 2.97. The molecule has 3 nitrogen and oxygen atoms in total. The van der Waals surface area contributed by atoms with Crippen molar-refractivity contribution < 1.29 is 9.18 Å². The Kier molecular flexibility index (Phi) is 4.48. The molecule has 3 aromatic rings. The predicted molar refractivity (Wildman–Crippen MR) is 91.5 cm³/mol. The highest BCUT2D eigenvalue weighted by Crippen LogP contribution is 2.22. The topological polar surface area (TPSA) is 33.2 Å². The maximum Gasteiger partial charge on any atom is 0.246 e. The lowest BCUT2D eigenvalue weighted by atomic mass is 10.2. The number of amides is 1. The first-order valence-electron chi connectivity index (χ1n) is 7.15. The molecule has 0 aliphatic heterocycles. The number of rotatable bonds is 4. The van der Waals surface area contributed by atoms with Crippen LogP contribution in [0.2, 0.25) is 0 Å². The second-order valence-corrected chi connectivity index (χ2v) is 6.24. The summed E-state index contributed by atoms with van der Waals surface area (Å²) in [6.45, 7) is 0.434. The molecule has 0 atom stereocenters. The Labute approximate surface area is 137 Å². The minimum atomic E-state index is -0.279. The third-order valence-electron chi connectivity index (χ3n) is 3.39. The van der Waals surface area contributed by atoms with E-state index >= 15 is 0 Å². The van der Waals surface area contributed by atoms with Crippen molar-refractivity contribution in [1.82, 2.24) is 9.88 Å². The zero-order chi connectivity index (χ0) is 16.2. The van der Waals surface area contributed by atoms with E-state index < -0.39 is 0 Å². The number of hydrogen-bond donors (Lipinski definition) is 0. The van der Waals surface area contributed by atoms with Crippen LogP contribution in [0.4, 0.5) is 4.39 Å². The standard InChI is InChI=1S/C18H15FN2OS/c1-21(12-13-6-8-14(19)9-7-13)18(22)11-10-17-20-15-4-2-3-5-16(15)23-17/h2-11H,12H2,1H3. The van der Waals surface area contributed by atoms with Crippen LogP contribution in [0.1, 0.15) is 10.6 Å². The van der Waals surface area contributed by atoms with Crippen LogP contribution in [0.5, 0.6) is 0 Å². The Bertz CT molecular complexity index is 822. The number of halogens is 1. The summed E-state index contributed by atoms with van der Waals surface area (Å²) in [7, 11) is 1.72. The quantitative estimate of drug-likeness (QED) is 0.676. The molecular formula is C18H15FN2OS. The van der Waals surface area contributed by atoms with Crippen LogP contribution in [0, 0.1) is 5.82 Å². The number of benzene rings is 2. The van der Waals surface area contributed by atoms with Crippen LogP contribution >= 0.6 is 11.3 Å². The fourth-order valence-corrected chi connectivity index (χ4v) is 3.04. The number of likely N-dealkylation sites (N-methyl/N-ethyl adjacent to an activating group) is 1. The summed E-state index contributed by atoms with van der Waals surface area (Å²) in [5.41, 5.74) is 1.82. The fraction of sp³-hybridized carbons (Fsp3) is 0.111. The number of hydrogen-bond acceptors (Lipinski definition) is 3. The van der Waals surface area contributed by atoms with Gasteiger partial charge in [0.1, 0.15) is 10.8 Å². The molecule has 116 valence electrons. The lowest BCUT2D eigenvalue weighted by molar-refractivity contribution is -0.125. The SMILES string of the molecule is CN(Cc1ccc(F)cc1)C(=O)C=Cc1nc2ccccc2s1. The van der Waals surface area contributed by atoms with Gasteiger partial charge in [-0.05, 0) is 35.9 Å². The zero-order valence-electron chi connectivity index (χ0n) is 12.6.